The van der Waals surface area contributed by atoms with Gasteiger partial charge < -0.3 is 15.0 Å². The van der Waals surface area contributed by atoms with E-state index in [0.29, 0.717) is 6.54 Å². The van der Waals surface area contributed by atoms with Crippen LogP contribution in [0.25, 0.3) is 20.4 Å². The third-order valence-corrected chi connectivity index (χ3v) is 9.34. The number of pyridine rings is 1. The van der Waals surface area contributed by atoms with Crippen molar-refractivity contribution >= 4 is 43.4 Å². The number of likely N-dealkylation sites (tertiary alicyclic amines) is 1. The Morgan fingerprint density at radius 3 is 2.42 bits per heavy atom. The van der Waals surface area contributed by atoms with Crippen LogP contribution in [0.3, 0.4) is 0 Å². The number of aromatic nitrogens is 4. The number of hydrogen-bond donors (Lipinski definition) is 1. The number of hydrogen-bond acceptors (Lipinski definition) is 9. The molecule has 198 valence electrons. The molecule has 3 aliphatic rings. The number of benzene rings is 1. The van der Waals surface area contributed by atoms with Crippen LogP contribution in [0.2, 0.25) is 0 Å². The second kappa shape index (κ2) is 10.7. The zero-order valence-electron chi connectivity index (χ0n) is 21.9. The molecule has 2 aliphatic heterocycles. The lowest BCUT2D eigenvalue weighted by Crippen LogP contribution is -2.37. The summed E-state index contributed by atoms with van der Waals surface area (Å²) in [5.74, 6) is 1.95. The molecule has 3 aromatic heterocycles. The highest BCUT2D eigenvalue weighted by Crippen LogP contribution is 2.42. The Kier molecular flexibility index (Phi) is 6.81. The fourth-order valence-corrected chi connectivity index (χ4v) is 7.34. The maximum Gasteiger partial charge on any atom is 0.170 e. The highest BCUT2D eigenvalue weighted by atomic mass is 32.1. The minimum Gasteiger partial charge on any atom is -0.378 e. The molecule has 0 bridgehead atoms. The maximum absolute atomic E-state index is 5.62. The van der Waals surface area contributed by atoms with Crippen molar-refractivity contribution < 1.29 is 4.74 Å². The first-order valence-electron chi connectivity index (χ1n) is 14.2. The zero-order valence-corrected chi connectivity index (χ0v) is 22.7. The number of anilines is 2. The van der Waals surface area contributed by atoms with Crippen LogP contribution in [-0.2, 0) is 30.7 Å². The number of nitrogens with zero attached hydrogens (tertiary/aromatic N) is 6. The number of piperidine rings is 1. The molecule has 4 aromatic rings. The van der Waals surface area contributed by atoms with Gasteiger partial charge in [0.2, 0.25) is 0 Å². The Morgan fingerprint density at radius 1 is 0.842 bits per heavy atom. The van der Waals surface area contributed by atoms with Crippen molar-refractivity contribution in [3.63, 3.8) is 0 Å². The van der Waals surface area contributed by atoms with Crippen LogP contribution in [0.15, 0.2) is 24.3 Å². The largest absolute Gasteiger partial charge is 0.378 e. The Labute approximate surface area is 227 Å². The van der Waals surface area contributed by atoms with Crippen molar-refractivity contribution in [2.24, 2.45) is 0 Å². The van der Waals surface area contributed by atoms with E-state index < -0.39 is 0 Å². The van der Waals surface area contributed by atoms with Gasteiger partial charge >= 0.3 is 0 Å². The second-order valence-corrected chi connectivity index (χ2v) is 11.8. The number of nitrogens with one attached hydrogen (secondary N) is 1. The fourth-order valence-electron chi connectivity index (χ4n) is 6.24. The van der Waals surface area contributed by atoms with Gasteiger partial charge in [-0.3, -0.25) is 4.90 Å². The van der Waals surface area contributed by atoms with E-state index in [1.165, 1.54) is 72.8 Å². The third kappa shape index (κ3) is 4.72. The lowest BCUT2D eigenvalue weighted by Gasteiger charge is -2.31. The summed E-state index contributed by atoms with van der Waals surface area (Å²) in [7, 11) is 0. The van der Waals surface area contributed by atoms with Crippen LogP contribution in [0.4, 0.5) is 11.6 Å². The van der Waals surface area contributed by atoms with Crippen LogP contribution < -0.4 is 10.2 Å². The number of ether oxygens (including phenoxy) is 1. The molecule has 9 heteroatoms. The molecule has 2 fully saturated rings. The third-order valence-electron chi connectivity index (χ3n) is 8.26. The lowest BCUT2D eigenvalue weighted by molar-refractivity contribution is 0.122. The first-order chi connectivity index (χ1) is 18.8. The lowest BCUT2D eigenvalue weighted by atomic mass is 9.90. The van der Waals surface area contributed by atoms with E-state index in [-0.39, 0.29) is 0 Å². The molecule has 1 aliphatic carbocycles. The minimum absolute atomic E-state index is 0.705. The van der Waals surface area contributed by atoms with Gasteiger partial charge in [-0.25, -0.2) is 4.98 Å². The van der Waals surface area contributed by atoms with Crippen molar-refractivity contribution in [1.29, 1.82) is 0 Å². The summed E-state index contributed by atoms with van der Waals surface area (Å²) in [5, 5.41) is 17.9. The first-order valence-corrected chi connectivity index (χ1v) is 15.0. The smallest absolute Gasteiger partial charge is 0.170 e. The number of thiophene rings is 1. The quantitative estimate of drug-likeness (QED) is 0.376. The second-order valence-electron chi connectivity index (χ2n) is 10.8. The van der Waals surface area contributed by atoms with E-state index in [1.807, 2.05) is 0 Å². The van der Waals surface area contributed by atoms with Gasteiger partial charge in [0.05, 0.1) is 13.2 Å². The summed E-state index contributed by atoms with van der Waals surface area (Å²) in [6.45, 7) is 7.55. The molecule has 1 N–H and O–H groups in total. The van der Waals surface area contributed by atoms with Gasteiger partial charge in [-0.1, -0.05) is 30.7 Å². The van der Waals surface area contributed by atoms with E-state index in [9.17, 15) is 0 Å². The van der Waals surface area contributed by atoms with Crippen molar-refractivity contribution in [3.8, 4) is 0 Å². The Bertz CT molecular complexity index is 1420. The van der Waals surface area contributed by atoms with Gasteiger partial charge in [0.25, 0.3) is 0 Å². The summed E-state index contributed by atoms with van der Waals surface area (Å²) in [4.78, 5) is 11.3. The van der Waals surface area contributed by atoms with Gasteiger partial charge in [0.15, 0.2) is 5.82 Å². The normalized spacial score (nSPS) is 18.7. The van der Waals surface area contributed by atoms with Crippen molar-refractivity contribution in [3.05, 3.63) is 46.5 Å². The molecule has 0 spiro atoms. The monoisotopic (exact) mass is 529 g/mol. The highest BCUT2D eigenvalue weighted by Gasteiger charge is 2.26. The first kappa shape index (κ1) is 24.2. The van der Waals surface area contributed by atoms with Crippen molar-refractivity contribution in [2.75, 3.05) is 49.6 Å². The van der Waals surface area contributed by atoms with E-state index in [1.54, 1.807) is 11.3 Å². The molecule has 8 nitrogen and oxygen atoms in total. The van der Waals surface area contributed by atoms with Gasteiger partial charge in [-0.15, -0.1) is 21.5 Å². The molecule has 0 atom stereocenters. The molecule has 0 unspecified atom stereocenters. The molecular weight excluding hydrogens is 494 g/mol. The van der Waals surface area contributed by atoms with E-state index >= 15 is 0 Å². The topological polar surface area (TPSA) is 79.3 Å². The average Bonchev–Trinajstić information content (AvgIpc) is 3.37. The molecule has 0 amide bonds. The predicted molar refractivity (Wildman–Crippen MR) is 153 cm³/mol. The van der Waals surface area contributed by atoms with Gasteiger partial charge in [-0.2, -0.15) is 0 Å². The Morgan fingerprint density at radius 2 is 1.61 bits per heavy atom. The molecule has 5 heterocycles. The molecule has 0 saturated carbocycles. The number of fused-ring (bicyclic) bond motifs is 5. The van der Waals surface area contributed by atoms with Crippen molar-refractivity contribution in [2.45, 2.75) is 58.0 Å². The summed E-state index contributed by atoms with van der Waals surface area (Å²) in [6, 6.07) is 9.00. The minimum atomic E-state index is 0.705. The van der Waals surface area contributed by atoms with Gasteiger partial charge in [-0.05, 0) is 79.1 Å². The molecular formula is C29H35N7OS. The SMILES string of the molecule is c1cc(CN2CCCCC2)ccc1CNc1nnnc2c1sc1nc(N3CCOCC3)c3c(c12)CCCC3. The van der Waals surface area contributed by atoms with E-state index in [0.717, 1.165) is 72.4 Å². The van der Waals surface area contributed by atoms with Gasteiger partial charge in [0.1, 0.15) is 20.9 Å². The number of morpholine rings is 1. The molecule has 7 rings (SSSR count). The maximum atomic E-state index is 5.62. The van der Waals surface area contributed by atoms with Crippen LogP contribution in [-0.4, -0.2) is 64.7 Å². The highest BCUT2D eigenvalue weighted by molar-refractivity contribution is 7.26. The molecule has 1 aromatic carbocycles. The summed E-state index contributed by atoms with van der Waals surface area (Å²) in [5.41, 5.74) is 6.40. The van der Waals surface area contributed by atoms with E-state index in [2.05, 4.69) is 54.8 Å². The number of aryl methyl sites for hydroxylation is 1. The summed E-state index contributed by atoms with van der Waals surface area (Å²) < 4.78 is 6.67. The van der Waals surface area contributed by atoms with Gasteiger partial charge in [0, 0.05) is 31.6 Å². The summed E-state index contributed by atoms with van der Waals surface area (Å²) in [6.07, 6.45) is 8.62. The van der Waals surface area contributed by atoms with Crippen LogP contribution in [0, 0.1) is 0 Å². The summed E-state index contributed by atoms with van der Waals surface area (Å²) >= 11 is 1.69. The Balaban J connectivity index is 1.16. The molecule has 0 radical (unpaired) electrons. The molecule has 38 heavy (non-hydrogen) atoms. The number of rotatable bonds is 6. The predicted octanol–water partition coefficient (Wildman–Crippen LogP) is 4.95. The van der Waals surface area contributed by atoms with Crippen molar-refractivity contribution in [1.82, 2.24) is 25.3 Å². The zero-order chi connectivity index (χ0) is 25.3. The van der Waals surface area contributed by atoms with E-state index in [4.69, 9.17) is 9.72 Å². The van der Waals surface area contributed by atoms with Crippen LogP contribution in [0.5, 0.6) is 0 Å². The molecule has 2 saturated heterocycles. The van der Waals surface area contributed by atoms with Crippen LogP contribution >= 0.6 is 11.3 Å². The fraction of sp³-hybridized carbons (Fsp3) is 0.517. The standard InChI is InChI=1S/C29H35N7OS/c1-4-12-35(13-5-1)19-21-10-8-20(9-11-21)18-30-27-26-25(32-34-33-27)24-22-6-2-3-7-23(22)28(31-29(24)38-26)36-14-16-37-17-15-36/h8-11H,1-7,12-19H2,(H,30,32,33). The Hall–Kier alpha value is -2.88. The average molecular weight is 530 g/mol. The van der Waals surface area contributed by atoms with Crippen LogP contribution in [0.1, 0.15) is 54.4 Å².